The predicted octanol–water partition coefficient (Wildman–Crippen LogP) is 3.40. The molecule has 2 N–H and O–H groups in total. The van der Waals surface area contributed by atoms with Gasteiger partial charge in [0, 0.05) is 5.70 Å². The topological polar surface area (TPSA) is 26.0 Å². The highest BCUT2D eigenvalue weighted by atomic mass is 14.5. The first kappa shape index (κ1) is 12.0. The number of rotatable bonds is 4. The smallest absolute Gasteiger partial charge is 0.00143 e. The van der Waals surface area contributed by atoms with Crippen LogP contribution in [0.4, 0.5) is 0 Å². The quantitative estimate of drug-likeness (QED) is 0.658. The van der Waals surface area contributed by atoms with Gasteiger partial charge in [-0.2, -0.15) is 0 Å². The van der Waals surface area contributed by atoms with Gasteiger partial charge in [-0.15, -0.1) is 0 Å². The van der Waals surface area contributed by atoms with Gasteiger partial charge < -0.3 is 5.73 Å². The van der Waals surface area contributed by atoms with E-state index in [9.17, 15) is 0 Å². The molecule has 1 nitrogen and oxygen atoms in total. The van der Waals surface area contributed by atoms with Crippen molar-refractivity contribution in [3.63, 3.8) is 0 Å². The van der Waals surface area contributed by atoms with Gasteiger partial charge in [0.25, 0.3) is 0 Å². The van der Waals surface area contributed by atoms with Crippen LogP contribution in [0.3, 0.4) is 0 Å². The third-order valence-corrected chi connectivity index (χ3v) is 1.96. The lowest BCUT2D eigenvalue weighted by Gasteiger charge is -2.06. The lowest BCUT2D eigenvalue weighted by atomic mass is 10.0. The Balaban J connectivity index is 4.24. The van der Waals surface area contributed by atoms with Crippen LogP contribution in [0.5, 0.6) is 0 Å². The summed E-state index contributed by atoms with van der Waals surface area (Å²) in [6.45, 7) is 8.34. The summed E-state index contributed by atoms with van der Waals surface area (Å²) >= 11 is 0. The number of nitrogens with two attached hydrogens (primary N) is 1. The molecule has 0 bridgehead atoms. The van der Waals surface area contributed by atoms with Gasteiger partial charge in [-0.05, 0) is 26.2 Å². The third kappa shape index (κ3) is 6.21. The summed E-state index contributed by atoms with van der Waals surface area (Å²) in [6, 6.07) is 0. The lowest BCUT2D eigenvalue weighted by molar-refractivity contribution is 0.849. The maximum Gasteiger partial charge on any atom is 0.00143 e. The molecule has 0 aliphatic carbocycles. The van der Waals surface area contributed by atoms with Crippen molar-refractivity contribution < 1.29 is 0 Å². The minimum atomic E-state index is 0.437. The molecule has 0 rings (SSSR count). The molecule has 0 heterocycles. The molecule has 74 valence electrons. The fraction of sp³-hybridized carbons (Fsp3) is 0.500. The normalized spacial score (nSPS) is 16.6. The number of hydrogen-bond donors (Lipinski definition) is 1. The second kappa shape index (κ2) is 6.53. The van der Waals surface area contributed by atoms with E-state index in [1.54, 1.807) is 0 Å². The van der Waals surface area contributed by atoms with Crippen LogP contribution in [0.15, 0.2) is 35.6 Å². The van der Waals surface area contributed by atoms with Crippen LogP contribution in [0.2, 0.25) is 0 Å². The fourth-order valence-electron chi connectivity index (χ4n) is 1.03. The maximum absolute atomic E-state index is 5.60. The second-order valence-corrected chi connectivity index (χ2v) is 3.45. The lowest BCUT2D eigenvalue weighted by Crippen LogP contribution is -1.97. The van der Waals surface area contributed by atoms with Crippen molar-refractivity contribution in [1.29, 1.82) is 0 Å². The Labute approximate surface area is 82.0 Å². The molecule has 0 aliphatic heterocycles. The van der Waals surface area contributed by atoms with E-state index < -0.39 is 0 Å². The average Bonchev–Trinajstić information content (AvgIpc) is 2.03. The molecule has 0 aromatic rings. The Bertz CT molecular complexity index is 217. The molecule has 0 amide bonds. The summed E-state index contributed by atoms with van der Waals surface area (Å²) in [5.74, 6) is 0.437. The van der Waals surface area contributed by atoms with Crippen molar-refractivity contribution >= 4 is 0 Å². The third-order valence-electron chi connectivity index (χ3n) is 1.96. The average molecular weight is 179 g/mol. The summed E-state index contributed by atoms with van der Waals surface area (Å²) in [4.78, 5) is 0. The zero-order valence-electron chi connectivity index (χ0n) is 9.17. The van der Waals surface area contributed by atoms with E-state index in [0.717, 1.165) is 12.1 Å². The fourth-order valence-corrected chi connectivity index (χ4v) is 1.03. The van der Waals surface area contributed by atoms with Crippen molar-refractivity contribution in [1.82, 2.24) is 0 Å². The number of allylic oxidation sites excluding steroid dienone is 6. The first-order valence-electron chi connectivity index (χ1n) is 4.85. The standard InChI is InChI=1S/C12H21N/c1-5-6-7-8-10(2)11(3)9-12(4)13/h6-9,11H,5,13H2,1-4H3/b7-6-,10-8+,12-9+. The highest BCUT2D eigenvalue weighted by molar-refractivity contribution is 5.17. The van der Waals surface area contributed by atoms with Gasteiger partial charge in [-0.1, -0.05) is 43.7 Å². The van der Waals surface area contributed by atoms with Crippen LogP contribution in [0.1, 0.15) is 34.1 Å². The van der Waals surface area contributed by atoms with Gasteiger partial charge >= 0.3 is 0 Å². The largest absolute Gasteiger partial charge is 0.403 e. The molecule has 0 aromatic heterocycles. The minimum absolute atomic E-state index is 0.437. The highest BCUT2D eigenvalue weighted by Crippen LogP contribution is 2.12. The van der Waals surface area contributed by atoms with Crippen molar-refractivity contribution in [3.8, 4) is 0 Å². The number of hydrogen-bond acceptors (Lipinski definition) is 1. The Hall–Kier alpha value is -0.980. The van der Waals surface area contributed by atoms with Crippen LogP contribution in [-0.4, -0.2) is 0 Å². The Morgan fingerprint density at radius 3 is 2.46 bits per heavy atom. The van der Waals surface area contributed by atoms with Crippen molar-refractivity contribution in [2.75, 3.05) is 0 Å². The highest BCUT2D eigenvalue weighted by Gasteiger charge is 1.98. The van der Waals surface area contributed by atoms with E-state index in [1.165, 1.54) is 5.57 Å². The molecule has 0 radical (unpaired) electrons. The van der Waals surface area contributed by atoms with Crippen molar-refractivity contribution in [2.45, 2.75) is 34.1 Å². The molecule has 13 heavy (non-hydrogen) atoms. The molecule has 0 saturated carbocycles. The van der Waals surface area contributed by atoms with Gasteiger partial charge in [0.15, 0.2) is 0 Å². The van der Waals surface area contributed by atoms with E-state index >= 15 is 0 Å². The molecule has 1 atom stereocenters. The Morgan fingerprint density at radius 2 is 2.00 bits per heavy atom. The Morgan fingerprint density at radius 1 is 1.38 bits per heavy atom. The van der Waals surface area contributed by atoms with Crippen LogP contribution in [-0.2, 0) is 0 Å². The van der Waals surface area contributed by atoms with Gasteiger partial charge in [0.05, 0.1) is 0 Å². The molecule has 1 heteroatoms. The molecule has 0 aliphatic rings. The molecule has 1 unspecified atom stereocenters. The summed E-state index contributed by atoms with van der Waals surface area (Å²) in [7, 11) is 0. The molecular weight excluding hydrogens is 158 g/mol. The van der Waals surface area contributed by atoms with Gasteiger partial charge in [-0.25, -0.2) is 0 Å². The second-order valence-electron chi connectivity index (χ2n) is 3.45. The van der Waals surface area contributed by atoms with Gasteiger partial charge in [0.1, 0.15) is 0 Å². The monoisotopic (exact) mass is 179 g/mol. The van der Waals surface area contributed by atoms with E-state index in [-0.39, 0.29) is 0 Å². The van der Waals surface area contributed by atoms with Gasteiger partial charge in [0.2, 0.25) is 0 Å². The summed E-state index contributed by atoms with van der Waals surface area (Å²) in [5, 5.41) is 0. The van der Waals surface area contributed by atoms with Crippen LogP contribution >= 0.6 is 0 Å². The zero-order chi connectivity index (χ0) is 10.3. The van der Waals surface area contributed by atoms with E-state index in [2.05, 4.69) is 45.1 Å². The SMILES string of the molecule is CC/C=C\C=C(/C)C(C)/C=C(\C)N. The van der Waals surface area contributed by atoms with Crippen LogP contribution in [0, 0.1) is 5.92 Å². The predicted molar refractivity (Wildman–Crippen MR) is 60.3 cm³/mol. The van der Waals surface area contributed by atoms with Gasteiger partial charge in [-0.3, -0.25) is 0 Å². The first-order valence-corrected chi connectivity index (χ1v) is 4.85. The summed E-state index contributed by atoms with van der Waals surface area (Å²) < 4.78 is 0. The zero-order valence-corrected chi connectivity index (χ0v) is 9.17. The van der Waals surface area contributed by atoms with Crippen molar-refractivity contribution in [3.05, 3.63) is 35.6 Å². The van der Waals surface area contributed by atoms with Crippen LogP contribution in [0.25, 0.3) is 0 Å². The van der Waals surface area contributed by atoms with Crippen molar-refractivity contribution in [2.24, 2.45) is 11.7 Å². The molecule has 0 fully saturated rings. The van der Waals surface area contributed by atoms with E-state index in [4.69, 9.17) is 5.73 Å². The summed E-state index contributed by atoms with van der Waals surface area (Å²) in [5.41, 5.74) is 7.83. The molecule has 0 aromatic carbocycles. The minimum Gasteiger partial charge on any atom is -0.403 e. The molecule has 0 saturated heterocycles. The first-order chi connectivity index (χ1) is 6.07. The Kier molecular flexibility index (Phi) is 6.03. The maximum atomic E-state index is 5.60. The summed E-state index contributed by atoms with van der Waals surface area (Å²) in [6.07, 6.45) is 9.56. The molecular formula is C12H21N. The molecule has 0 spiro atoms. The van der Waals surface area contributed by atoms with E-state index in [1.807, 2.05) is 6.92 Å². The van der Waals surface area contributed by atoms with E-state index in [0.29, 0.717) is 5.92 Å². The van der Waals surface area contributed by atoms with Crippen LogP contribution < -0.4 is 5.73 Å².